The van der Waals surface area contributed by atoms with Gasteiger partial charge in [0.15, 0.2) is 0 Å². The average Bonchev–Trinajstić information content (AvgIpc) is 2.03. The molecule has 1 aromatic carbocycles. The van der Waals surface area contributed by atoms with E-state index in [1.165, 1.54) is 0 Å². The minimum absolute atomic E-state index is 0.595. The van der Waals surface area contributed by atoms with Crippen LogP contribution < -0.4 is 9.47 Å². The van der Waals surface area contributed by atoms with Crippen LogP contribution in [-0.2, 0) is 4.79 Å². The number of carbonyl (C=O) groups excluding carboxylic acids is 1. The standard InChI is InChI=1S/C8H5ClO3/c9-7(10)8-11-5-2-1-3-6(4-5)12-8/h1-4,8H. The molecule has 0 saturated heterocycles. The molecule has 0 aliphatic carbocycles. The fraction of sp³-hybridized carbons (Fsp3) is 0.125. The monoisotopic (exact) mass is 184 g/mol. The van der Waals surface area contributed by atoms with E-state index in [-0.39, 0.29) is 0 Å². The van der Waals surface area contributed by atoms with Gasteiger partial charge in [0.2, 0.25) is 0 Å². The number of rotatable bonds is 1. The second kappa shape index (κ2) is 2.68. The van der Waals surface area contributed by atoms with Crippen molar-refractivity contribution in [2.75, 3.05) is 0 Å². The van der Waals surface area contributed by atoms with E-state index in [4.69, 9.17) is 21.1 Å². The Morgan fingerprint density at radius 1 is 1.33 bits per heavy atom. The molecule has 1 aliphatic heterocycles. The van der Waals surface area contributed by atoms with Crippen molar-refractivity contribution in [2.24, 2.45) is 0 Å². The highest BCUT2D eigenvalue weighted by Gasteiger charge is 2.24. The summed E-state index contributed by atoms with van der Waals surface area (Å²) in [6.45, 7) is 0. The van der Waals surface area contributed by atoms with Gasteiger partial charge in [-0.3, -0.25) is 4.79 Å². The molecule has 0 atom stereocenters. The predicted molar refractivity (Wildman–Crippen MR) is 42.3 cm³/mol. The van der Waals surface area contributed by atoms with Crippen LogP contribution in [0.4, 0.5) is 0 Å². The van der Waals surface area contributed by atoms with E-state index in [2.05, 4.69) is 0 Å². The molecule has 1 heterocycles. The molecular formula is C8H5ClO3. The second-order valence-corrected chi connectivity index (χ2v) is 2.72. The Morgan fingerprint density at radius 2 is 1.92 bits per heavy atom. The van der Waals surface area contributed by atoms with Crippen molar-refractivity contribution in [1.82, 2.24) is 0 Å². The lowest BCUT2D eigenvalue weighted by Crippen LogP contribution is -2.32. The summed E-state index contributed by atoms with van der Waals surface area (Å²) >= 11 is 5.20. The Balaban J connectivity index is 2.29. The van der Waals surface area contributed by atoms with E-state index in [1.54, 1.807) is 24.3 Å². The molecule has 1 aliphatic rings. The van der Waals surface area contributed by atoms with Crippen LogP contribution in [0.3, 0.4) is 0 Å². The van der Waals surface area contributed by atoms with Crippen LogP contribution in [0.15, 0.2) is 24.3 Å². The van der Waals surface area contributed by atoms with E-state index >= 15 is 0 Å². The third-order valence-corrected chi connectivity index (χ3v) is 1.66. The number of fused-ring (bicyclic) bond motifs is 2. The first-order valence-corrected chi connectivity index (χ1v) is 3.76. The van der Waals surface area contributed by atoms with Gasteiger partial charge in [0.05, 0.1) is 0 Å². The van der Waals surface area contributed by atoms with Gasteiger partial charge in [0.25, 0.3) is 0 Å². The number of halogens is 1. The lowest BCUT2D eigenvalue weighted by atomic mass is 10.3. The SMILES string of the molecule is O=C(Cl)C1Oc2cccc(c2)O1. The third-order valence-electron chi connectivity index (χ3n) is 1.48. The van der Waals surface area contributed by atoms with Crippen molar-refractivity contribution in [1.29, 1.82) is 0 Å². The zero-order valence-electron chi connectivity index (χ0n) is 5.99. The molecule has 0 amide bonds. The summed E-state index contributed by atoms with van der Waals surface area (Å²) in [5, 5.41) is -0.651. The van der Waals surface area contributed by atoms with Gasteiger partial charge in [-0.05, 0) is 23.7 Å². The van der Waals surface area contributed by atoms with Crippen LogP contribution in [0.2, 0.25) is 0 Å². The van der Waals surface area contributed by atoms with Crippen molar-refractivity contribution in [3.8, 4) is 11.5 Å². The number of carbonyl (C=O) groups is 1. The van der Waals surface area contributed by atoms with Crippen LogP contribution in [-0.4, -0.2) is 11.5 Å². The van der Waals surface area contributed by atoms with Gasteiger partial charge >= 0.3 is 11.5 Å². The molecule has 12 heavy (non-hydrogen) atoms. The quantitative estimate of drug-likeness (QED) is 0.622. The topological polar surface area (TPSA) is 35.5 Å². The van der Waals surface area contributed by atoms with Gasteiger partial charge in [0.1, 0.15) is 11.5 Å². The lowest BCUT2D eigenvalue weighted by molar-refractivity contribution is -0.130. The van der Waals surface area contributed by atoms with Gasteiger partial charge in [-0.25, -0.2) is 0 Å². The zero-order valence-corrected chi connectivity index (χ0v) is 6.75. The molecule has 0 N–H and O–H groups in total. The number of benzene rings is 1. The molecule has 3 nitrogen and oxygen atoms in total. The van der Waals surface area contributed by atoms with Crippen molar-refractivity contribution in [2.45, 2.75) is 6.29 Å². The molecule has 0 aromatic heterocycles. The Morgan fingerprint density at radius 3 is 2.42 bits per heavy atom. The summed E-state index contributed by atoms with van der Waals surface area (Å²) < 4.78 is 10.1. The van der Waals surface area contributed by atoms with Crippen LogP contribution in [0.1, 0.15) is 0 Å². The maximum atomic E-state index is 10.7. The van der Waals surface area contributed by atoms with E-state index in [0.717, 1.165) is 0 Å². The van der Waals surface area contributed by atoms with Crippen molar-refractivity contribution in [3.63, 3.8) is 0 Å². The summed E-state index contributed by atoms with van der Waals surface area (Å²) in [6, 6.07) is 6.94. The van der Waals surface area contributed by atoms with Crippen molar-refractivity contribution < 1.29 is 14.3 Å². The van der Waals surface area contributed by atoms with E-state index < -0.39 is 11.5 Å². The van der Waals surface area contributed by atoms with Gasteiger partial charge in [0, 0.05) is 6.07 Å². The molecule has 62 valence electrons. The third kappa shape index (κ3) is 1.23. The van der Waals surface area contributed by atoms with Crippen LogP contribution in [0, 0.1) is 0 Å². The molecule has 0 unspecified atom stereocenters. The Hall–Kier alpha value is -1.22. The smallest absolute Gasteiger partial charge is 0.316 e. The highest BCUT2D eigenvalue weighted by Crippen LogP contribution is 2.26. The summed E-state index contributed by atoms with van der Waals surface area (Å²) in [5.74, 6) is 1.19. The van der Waals surface area contributed by atoms with Crippen LogP contribution in [0.5, 0.6) is 11.5 Å². The maximum absolute atomic E-state index is 10.7. The van der Waals surface area contributed by atoms with E-state index in [9.17, 15) is 4.79 Å². The second-order valence-electron chi connectivity index (χ2n) is 2.35. The molecule has 2 rings (SSSR count). The fourth-order valence-electron chi connectivity index (χ4n) is 0.985. The number of hydrogen-bond acceptors (Lipinski definition) is 3. The molecule has 0 radical (unpaired) electrons. The Bertz CT molecular complexity index is 303. The Kier molecular flexibility index (Phi) is 1.66. The first-order valence-electron chi connectivity index (χ1n) is 3.38. The minimum atomic E-state index is -0.997. The average molecular weight is 185 g/mol. The fourth-order valence-corrected chi connectivity index (χ4v) is 1.07. The zero-order chi connectivity index (χ0) is 8.55. The summed E-state index contributed by atoms with van der Waals surface area (Å²) in [7, 11) is 0. The molecule has 0 spiro atoms. The number of ether oxygens (including phenoxy) is 2. The minimum Gasteiger partial charge on any atom is -0.447 e. The summed E-state index contributed by atoms with van der Waals surface area (Å²) in [5.41, 5.74) is 0. The summed E-state index contributed by atoms with van der Waals surface area (Å²) in [6.07, 6.45) is -0.997. The summed E-state index contributed by atoms with van der Waals surface area (Å²) in [4.78, 5) is 10.7. The van der Waals surface area contributed by atoms with Gasteiger partial charge in [-0.15, -0.1) is 0 Å². The Labute approximate surface area is 73.8 Å². The molecule has 4 heteroatoms. The van der Waals surface area contributed by atoms with Crippen LogP contribution in [0.25, 0.3) is 0 Å². The maximum Gasteiger partial charge on any atom is 0.316 e. The first-order chi connectivity index (χ1) is 5.75. The van der Waals surface area contributed by atoms with Crippen molar-refractivity contribution >= 4 is 16.8 Å². The molecule has 1 aromatic rings. The molecular weight excluding hydrogens is 180 g/mol. The van der Waals surface area contributed by atoms with Gasteiger partial charge < -0.3 is 9.47 Å². The van der Waals surface area contributed by atoms with Crippen molar-refractivity contribution in [3.05, 3.63) is 24.3 Å². The van der Waals surface area contributed by atoms with E-state index in [0.29, 0.717) is 11.5 Å². The first kappa shape index (κ1) is 7.43. The molecule has 0 fully saturated rings. The van der Waals surface area contributed by atoms with Gasteiger partial charge in [-0.1, -0.05) is 6.07 Å². The molecule has 0 saturated carbocycles. The normalized spacial score (nSPS) is 14.8. The largest absolute Gasteiger partial charge is 0.447 e. The highest BCUT2D eigenvalue weighted by molar-refractivity contribution is 6.64. The van der Waals surface area contributed by atoms with Gasteiger partial charge in [-0.2, -0.15) is 0 Å². The molecule has 2 bridgehead atoms. The number of hydrogen-bond donors (Lipinski definition) is 0. The highest BCUT2D eigenvalue weighted by atomic mass is 35.5. The predicted octanol–water partition coefficient (Wildman–Crippen LogP) is 1.55. The van der Waals surface area contributed by atoms with E-state index in [1.807, 2.05) is 0 Å². The lowest BCUT2D eigenvalue weighted by Gasteiger charge is -2.21. The van der Waals surface area contributed by atoms with Crippen LogP contribution >= 0.6 is 11.6 Å².